The number of rotatable bonds is 4. The molecule has 0 amide bonds. The van der Waals surface area contributed by atoms with Crippen molar-refractivity contribution in [3.8, 4) is 0 Å². The van der Waals surface area contributed by atoms with E-state index in [0.29, 0.717) is 18.4 Å². The number of aliphatic hydroxyl groups is 4. The molecular formula is C28H43NO8. The Hall–Kier alpha value is -1.07. The molecule has 0 spiro atoms. The lowest BCUT2D eigenvalue weighted by Crippen LogP contribution is -2.63. The highest BCUT2D eigenvalue weighted by molar-refractivity contribution is 5.85. The normalized spacial score (nSPS) is 53.5. The third kappa shape index (κ3) is 3.65. The van der Waals surface area contributed by atoms with Gasteiger partial charge in [-0.15, -0.1) is 0 Å². The summed E-state index contributed by atoms with van der Waals surface area (Å²) >= 11 is 0. The molecule has 0 bridgehead atoms. The van der Waals surface area contributed by atoms with E-state index in [1.165, 1.54) is 0 Å². The Morgan fingerprint density at radius 1 is 1.00 bits per heavy atom. The summed E-state index contributed by atoms with van der Waals surface area (Å²) in [6.07, 6.45) is 5.19. The van der Waals surface area contributed by atoms with Crippen LogP contribution in [-0.2, 0) is 19.1 Å². The Kier molecular flexibility index (Phi) is 6.35. The maximum atomic E-state index is 12.4. The minimum atomic E-state index is -1.43. The van der Waals surface area contributed by atoms with Gasteiger partial charge in [0.2, 0.25) is 0 Å². The Morgan fingerprint density at radius 2 is 1.78 bits per heavy atom. The molecule has 4 saturated carbocycles. The van der Waals surface area contributed by atoms with Crippen molar-refractivity contribution in [2.45, 2.75) is 108 Å². The van der Waals surface area contributed by atoms with Gasteiger partial charge in [0.15, 0.2) is 12.5 Å². The Balaban J connectivity index is 1.20. The predicted molar refractivity (Wildman–Crippen MR) is 131 cm³/mol. The van der Waals surface area contributed by atoms with Gasteiger partial charge in [0.25, 0.3) is 0 Å². The number of nitrogens with zero attached hydrogens (tertiary/aromatic N) is 1. The fraction of sp³-hybridized carbons (Fsp3) is 0.893. The van der Waals surface area contributed by atoms with Gasteiger partial charge in [-0.2, -0.15) is 5.06 Å². The van der Waals surface area contributed by atoms with Crippen LogP contribution in [0, 0.1) is 34.5 Å². The van der Waals surface area contributed by atoms with Crippen molar-refractivity contribution >= 4 is 5.97 Å². The van der Waals surface area contributed by atoms with E-state index >= 15 is 0 Å². The van der Waals surface area contributed by atoms with Crippen LogP contribution in [0.2, 0.25) is 0 Å². The number of ether oxygens (including phenoxy) is 2. The first-order chi connectivity index (χ1) is 17.5. The smallest absolute Gasteiger partial charge is 0.331 e. The number of carbonyl (C=O) groups excluding carboxylic acids is 1. The molecule has 37 heavy (non-hydrogen) atoms. The van der Waals surface area contributed by atoms with Crippen LogP contribution in [0.15, 0.2) is 11.6 Å². The molecule has 10 unspecified atom stereocenters. The zero-order valence-electron chi connectivity index (χ0n) is 22.2. The average Bonchev–Trinajstić information content (AvgIpc) is 3.49. The zero-order valence-corrected chi connectivity index (χ0v) is 22.2. The summed E-state index contributed by atoms with van der Waals surface area (Å²) in [5, 5.41) is 44.4. The largest absolute Gasteiger partial charge is 0.458 e. The van der Waals surface area contributed by atoms with Crippen molar-refractivity contribution in [1.82, 2.24) is 5.06 Å². The van der Waals surface area contributed by atoms with E-state index in [1.54, 1.807) is 18.2 Å². The van der Waals surface area contributed by atoms with Gasteiger partial charge in [-0.3, -0.25) is 4.84 Å². The van der Waals surface area contributed by atoms with Crippen LogP contribution in [0.25, 0.3) is 0 Å². The maximum absolute atomic E-state index is 12.4. The maximum Gasteiger partial charge on any atom is 0.331 e. The van der Waals surface area contributed by atoms with Crippen LogP contribution in [-0.4, -0.2) is 81.5 Å². The number of hydroxylamine groups is 2. The predicted octanol–water partition coefficient (Wildman–Crippen LogP) is 1.87. The van der Waals surface area contributed by atoms with Crippen molar-refractivity contribution in [2.24, 2.45) is 34.5 Å². The van der Waals surface area contributed by atoms with E-state index in [9.17, 15) is 25.2 Å². The molecule has 0 aromatic carbocycles. The number of aliphatic hydroxyl groups excluding tert-OH is 3. The summed E-state index contributed by atoms with van der Waals surface area (Å²) in [4.78, 5) is 17.5. The number of cyclic esters (lactones) is 1. The molecule has 9 nitrogen and oxygen atoms in total. The number of esters is 1. The summed E-state index contributed by atoms with van der Waals surface area (Å²) in [5.74, 6) is 1.08. The molecule has 9 heteroatoms. The van der Waals surface area contributed by atoms with Gasteiger partial charge in [-0.25, -0.2) is 4.79 Å². The summed E-state index contributed by atoms with van der Waals surface area (Å²) in [6.45, 7) is 5.04. The second kappa shape index (κ2) is 8.98. The van der Waals surface area contributed by atoms with Crippen molar-refractivity contribution in [2.75, 3.05) is 13.7 Å². The molecule has 2 heterocycles. The third-order valence-corrected chi connectivity index (χ3v) is 12.0. The molecule has 4 aliphatic carbocycles. The van der Waals surface area contributed by atoms with E-state index in [4.69, 9.17) is 14.3 Å². The van der Waals surface area contributed by atoms with Crippen LogP contribution in [0.3, 0.4) is 0 Å². The Labute approximate surface area is 218 Å². The summed E-state index contributed by atoms with van der Waals surface area (Å²) in [6, 6.07) is 0.0106. The summed E-state index contributed by atoms with van der Waals surface area (Å²) in [7, 11) is 1.55. The number of hydrogen-bond acceptors (Lipinski definition) is 9. The molecular weight excluding hydrogens is 478 g/mol. The Bertz CT molecular complexity index is 958. The minimum absolute atomic E-state index is 0.0106. The molecule has 0 aromatic heterocycles. The number of carbonyl (C=O) groups is 1. The molecule has 4 N–H and O–H groups in total. The highest BCUT2D eigenvalue weighted by atomic mass is 16.7. The second-order valence-electron chi connectivity index (χ2n) is 13.2. The standard InChI is InChI=1S/C28H43NO8/c1-26-9-6-17(29(35-3)24-22(31)23(32)25(33)37-24)13-16(26)4-5-20-19(26)7-10-27(2)18(8-11-28(20,27)34)15-12-21(30)36-14-15/h12,16-20,22-25,31-34H,4-11,13-14H2,1-3H3/t16?,17?,18?,19?,20?,22?,23?,24-,25-,26?,27?,28?/m1/s1. The molecule has 6 rings (SSSR count). The molecule has 12 atom stereocenters. The molecule has 2 aliphatic heterocycles. The Morgan fingerprint density at radius 3 is 2.43 bits per heavy atom. The first-order valence-corrected chi connectivity index (χ1v) is 14.1. The van der Waals surface area contributed by atoms with Crippen molar-refractivity contribution in [3.63, 3.8) is 0 Å². The summed E-state index contributed by atoms with van der Waals surface area (Å²) in [5.41, 5.74) is 0.200. The van der Waals surface area contributed by atoms with Crippen LogP contribution < -0.4 is 0 Å². The molecule has 1 saturated heterocycles. The van der Waals surface area contributed by atoms with E-state index in [2.05, 4.69) is 13.8 Å². The molecule has 6 aliphatic rings. The monoisotopic (exact) mass is 521 g/mol. The lowest BCUT2D eigenvalue weighted by molar-refractivity contribution is -0.293. The van der Waals surface area contributed by atoms with Crippen molar-refractivity contribution in [1.29, 1.82) is 0 Å². The second-order valence-corrected chi connectivity index (χ2v) is 13.2. The third-order valence-electron chi connectivity index (χ3n) is 12.0. The fourth-order valence-corrected chi connectivity index (χ4v) is 9.93. The van der Waals surface area contributed by atoms with Gasteiger partial charge in [0.1, 0.15) is 18.8 Å². The quantitative estimate of drug-likeness (QED) is 0.324. The van der Waals surface area contributed by atoms with E-state index in [0.717, 1.165) is 63.4 Å². The molecule has 0 aromatic rings. The van der Waals surface area contributed by atoms with Crippen LogP contribution in [0.1, 0.15) is 71.6 Å². The van der Waals surface area contributed by atoms with Crippen molar-refractivity contribution < 1.29 is 39.5 Å². The first kappa shape index (κ1) is 26.2. The van der Waals surface area contributed by atoms with Gasteiger partial charge >= 0.3 is 5.97 Å². The van der Waals surface area contributed by atoms with Gasteiger partial charge in [0.05, 0.1) is 12.7 Å². The van der Waals surface area contributed by atoms with E-state index < -0.39 is 30.3 Å². The molecule has 208 valence electrons. The lowest BCUT2D eigenvalue weighted by Gasteiger charge is -2.64. The highest BCUT2D eigenvalue weighted by Gasteiger charge is 2.68. The van der Waals surface area contributed by atoms with E-state index in [-0.39, 0.29) is 34.7 Å². The van der Waals surface area contributed by atoms with E-state index in [1.807, 2.05) is 0 Å². The van der Waals surface area contributed by atoms with Crippen LogP contribution in [0.5, 0.6) is 0 Å². The van der Waals surface area contributed by atoms with Gasteiger partial charge in [-0.1, -0.05) is 13.8 Å². The SMILES string of the molecule is CON(C1CCC2(C)C(CCC3C2CCC2(C)C(C4=CC(=O)OC4)CCC32O)C1)[C@@H]1O[C@@H](O)C(O)C1O. The number of fused-ring (bicyclic) bond motifs is 5. The van der Waals surface area contributed by atoms with Gasteiger partial charge in [-0.05, 0) is 92.4 Å². The lowest BCUT2D eigenvalue weighted by atomic mass is 9.43. The zero-order chi connectivity index (χ0) is 26.3. The minimum Gasteiger partial charge on any atom is -0.458 e. The van der Waals surface area contributed by atoms with Crippen LogP contribution in [0.4, 0.5) is 0 Å². The average molecular weight is 522 g/mol. The van der Waals surface area contributed by atoms with Gasteiger partial charge in [0, 0.05) is 17.5 Å². The van der Waals surface area contributed by atoms with Gasteiger partial charge < -0.3 is 29.9 Å². The van der Waals surface area contributed by atoms with Crippen LogP contribution >= 0.6 is 0 Å². The topological polar surface area (TPSA) is 129 Å². The first-order valence-electron chi connectivity index (χ1n) is 14.1. The fourth-order valence-electron chi connectivity index (χ4n) is 9.93. The molecule has 0 radical (unpaired) electrons. The molecule has 5 fully saturated rings. The summed E-state index contributed by atoms with van der Waals surface area (Å²) < 4.78 is 10.7. The number of hydrogen-bond donors (Lipinski definition) is 4. The highest BCUT2D eigenvalue weighted by Crippen LogP contribution is 2.70. The van der Waals surface area contributed by atoms with Crippen molar-refractivity contribution in [3.05, 3.63) is 11.6 Å².